The molecule has 3 aromatic rings. The molecule has 5 nitrogen and oxygen atoms in total. The molecule has 3 aromatic carbocycles. The predicted molar refractivity (Wildman–Crippen MR) is 164 cm³/mol. The highest BCUT2D eigenvalue weighted by atomic mass is 16.6. The lowest BCUT2D eigenvalue weighted by molar-refractivity contribution is -0.261. The number of methoxy groups -OCH3 is 2. The van der Waals surface area contributed by atoms with Crippen molar-refractivity contribution in [2.45, 2.75) is 80.6 Å². The van der Waals surface area contributed by atoms with Gasteiger partial charge in [-0.25, -0.2) is 0 Å². The van der Waals surface area contributed by atoms with Crippen LogP contribution in [-0.2, 0) is 23.1 Å². The van der Waals surface area contributed by atoms with Gasteiger partial charge in [-0.3, -0.25) is 4.90 Å². The smallest absolute Gasteiger partial charge is 0.165 e. The second-order valence-corrected chi connectivity index (χ2v) is 14.0. The SMILES string of the molecule is COc1ccc2c3c1O[C@H]1[C@@]4(OC)CC[C@@]5(C[C@@H]4c4ccccc4NCc4ccccc4)[C@@H](C2)N(CC2CC2)CC[C@]315. The van der Waals surface area contributed by atoms with Crippen LogP contribution >= 0.6 is 0 Å². The van der Waals surface area contributed by atoms with Crippen LogP contribution in [0.25, 0.3) is 0 Å². The molecule has 218 valence electrons. The summed E-state index contributed by atoms with van der Waals surface area (Å²) in [6.45, 7) is 3.24. The third-order valence-corrected chi connectivity index (χ3v) is 12.5. The summed E-state index contributed by atoms with van der Waals surface area (Å²) in [7, 11) is 3.74. The zero-order valence-corrected chi connectivity index (χ0v) is 24.9. The Labute approximate surface area is 249 Å². The number of para-hydroxylation sites is 1. The minimum Gasteiger partial charge on any atom is -0.493 e. The Kier molecular flexibility index (Phi) is 5.46. The number of ether oxygens (including phenoxy) is 3. The molecule has 2 heterocycles. The summed E-state index contributed by atoms with van der Waals surface area (Å²) in [6, 6.07) is 24.8. The van der Waals surface area contributed by atoms with E-state index >= 15 is 0 Å². The molecule has 6 atom stereocenters. The van der Waals surface area contributed by atoms with Gasteiger partial charge in [0.25, 0.3) is 0 Å². The molecule has 0 aromatic heterocycles. The van der Waals surface area contributed by atoms with E-state index in [1.54, 1.807) is 7.11 Å². The molecule has 2 aliphatic heterocycles. The molecule has 1 N–H and O–H groups in total. The first-order valence-corrected chi connectivity index (χ1v) is 16.2. The number of hydrogen-bond acceptors (Lipinski definition) is 5. The lowest BCUT2D eigenvalue weighted by atomic mass is 9.34. The van der Waals surface area contributed by atoms with E-state index in [0.29, 0.717) is 6.04 Å². The van der Waals surface area contributed by atoms with Gasteiger partial charge in [0.15, 0.2) is 11.5 Å². The van der Waals surface area contributed by atoms with Gasteiger partial charge in [0.1, 0.15) is 11.7 Å². The Morgan fingerprint density at radius 1 is 0.952 bits per heavy atom. The van der Waals surface area contributed by atoms with Crippen LogP contribution in [0, 0.1) is 11.3 Å². The van der Waals surface area contributed by atoms with Crippen molar-refractivity contribution in [1.82, 2.24) is 4.90 Å². The monoisotopic (exact) mass is 562 g/mol. The first kappa shape index (κ1) is 25.5. The molecule has 5 heteroatoms. The van der Waals surface area contributed by atoms with Crippen LogP contribution in [-0.4, -0.2) is 50.0 Å². The predicted octanol–water partition coefficient (Wildman–Crippen LogP) is 6.70. The number of anilines is 1. The normalized spacial score (nSPS) is 35.4. The van der Waals surface area contributed by atoms with Gasteiger partial charge >= 0.3 is 0 Å². The Balaban J connectivity index is 1.20. The van der Waals surface area contributed by atoms with Crippen molar-refractivity contribution in [2.24, 2.45) is 11.3 Å². The maximum atomic E-state index is 7.28. The summed E-state index contributed by atoms with van der Waals surface area (Å²) >= 11 is 0. The number of nitrogens with one attached hydrogen (secondary N) is 1. The van der Waals surface area contributed by atoms with Crippen molar-refractivity contribution in [3.63, 3.8) is 0 Å². The summed E-state index contributed by atoms with van der Waals surface area (Å²) in [6.07, 6.45) is 8.46. The fourth-order valence-electron chi connectivity index (χ4n) is 10.7. The molecule has 4 saturated carbocycles. The van der Waals surface area contributed by atoms with Crippen molar-refractivity contribution >= 4 is 5.69 Å². The minimum absolute atomic E-state index is 0.0133. The Hall–Kier alpha value is -3.02. The first-order valence-electron chi connectivity index (χ1n) is 16.2. The molecular formula is C37H42N2O3. The molecule has 4 bridgehead atoms. The number of nitrogens with zero attached hydrogens (tertiary/aromatic N) is 1. The van der Waals surface area contributed by atoms with Gasteiger partial charge in [-0.1, -0.05) is 54.6 Å². The van der Waals surface area contributed by atoms with Crippen molar-refractivity contribution in [3.05, 3.63) is 89.0 Å². The van der Waals surface area contributed by atoms with Crippen LogP contribution in [0.15, 0.2) is 66.7 Å². The highest BCUT2D eigenvalue weighted by Gasteiger charge is 2.80. The molecule has 0 unspecified atom stereocenters. The molecule has 2 spiro atoms. The van der Waals surface area contributed by atoms with E-state index in [1.165, 1.54) is 60.3 Å². The molecular weight excluding hydrogens is 520 g/mol. The molecule has 42 heavy (non-hydrogen) atoms. The third kappa shape index (κ3) is 3.17. The first-order chi connectivity index (χ1) is 20.6. The van der Waals surface area contributed by atoms with Crippen molar-refractivity contribution < 1.29 is 14.2 Å². The van der Waals surface area contributed by atoms with E-state index < -0.39 is 5.60 Å². The Bertz CT molecular complexity index is 1540. The van der Waals surface area contributed by atoms with E-state index in [-0.39, 0.29) is 22.9 Å². The zero-order chi connectivity index (χ0) is 28.1. The molecule has 5 fully saturated rings. The van der Waals surface area contributed by atoms with E-state index in [9.17, 15) is 0 Å². The Morgan fingerprint density at radius 2 is 1.79 bits per heavy atom. The number of piperidine rings is 1. The van der Waals surface area contributed by atoms with Gasteiger partial charge in [-0.15, -0.1) is 0 Å². The van der Waals surface area contributed by atoms with E-state index in [1.807, 2.05) is 7.11 Å². The number of likely N-dealkylation sites (tertiary alicyclic amines) is 1. The highest BCUT2D eigenvalue weighted by Crippen LogP contribution is 2.78. The van der Waals surface area contributed by atoms with Gasteiger partial charge < -0.3 is 19.5 Å². The van der Waals surface area contributed by atoms with Crippen molar-refractivity contribution in [1.29, 1.82) is 0 Å². The number of hydrogen-bond donors (Lipinski definition) is 1. The average molecular weight is 563 g/mol. The van der Waals surface area contributed by atoms with Gasteiger partial charge in [0, 0.05) is 54.2 Å². The molecule has 10 rings (SSSR count). The highest BCUT2D eigenvalue weighted by molar-refractivity contribution is 5.65. The fourth-order valence-corrected chi connectivity index (χ4v) is 10.7. The quantitative estimate of drug-likeness (QED) is 0.331. The minimum atomic E-state index is -0.395. The van der Waals surface area contributed by atoms with Crippen LogP contribution in [0.3, 0.4) is 0 Å². The Morgan fingerprint density at radius 3 is 2.60 bits per heavy atom. The van der Waals surface area contributed by atoms with Crippen LogP contribution in [0.2, 0.25) is 0 Å². The van der Waals surface area contributed by atoms with E-state index in [4.69, 9.17) is 14.2 Å². The summed E-state index contributed by atoms with van der Waals surface area (Å²) < 4.78 is 20.1. The topological polar surface area (TPSA) is 43.0 Å². The maximum Gasteiger partial charge on any atom is 0.165 e. The number of fused-ring (bicyclic) bond motifs is 2. The van der Waals surface area contributed by atoms with Crippen molar-refractivity contribution in [2.75, 3.05) is 32.6 Å². The molecule has 1 saturated heterocycles. The lowest BCUT2D eigenvalue weighted by Crippen LogP contribution is -2.80. The zero-order valence-electron chi connectivity index (χ0n) is 24.9. The summed E-state index contributed by atoms with van der Waals surface area (Å²) in [4.78, 5) is 2.92. The van der Waals surface area contributed by atoms with E-state index in [2.05, 4.69) is 76.9 Å². The van der Waals surface area contributed by atoms with Crippen molar-refractivity contribution in [3.8, 4) is 11.5 Å². The second-order valence-electron chi connectivity index (χ2n) is 14.0. The van der Waals surface area contributed by atoms with Crippen LogP contribution in [0.5, 0.6) is 11.5 Å². The summed E-state index contributed by atoms with van der Waals surface area (Å²) in [5, 5.41) is 3.83. The van der Waals surface area contributed by atoms with Gasteiger partial charge in [-0.2, -0.15) is 0 Å². The number of benzene rings is 3. The molecule has 7 aliphatic rings. The van der Waals surface area contributed by atoms with Gasteiger partial charge in [0.2, 0.25) is 0 Å². The molecule has 0 amide bonds. The second kappa shape index (κ2) is 9.00. The summed E-state index contributed by atoms with van der Waals surface area (Å²) in [5.41, 5.74) is 6.61. The third-order valence-electron chi connectivity index (χ3n) is 12.5. The van der Waals surface area contributed by atoms with Crippen LogP contribution < -0.4 is 14.8 Å². The van der Waals surface area contributed by atoms with Gasteiger partial charge in [0.05, 0.1) is 7.11 Å². The fraction of sp³-hybridized carbons (Fsp3) is 0.514. The lowest BCUT2D eigenvalue weighted by Gasteiger charge is -2.74. The maximum absolute atomic E-state index is 7.28. The number of rotatable bonds is 8. The van der Waals surface area contributed by atoms with E-state index in [0.717, 1.165) is 49.6 Å². The molecule has 5 aliphatic carbocycles. The largest absolute Gasteiger partial charge is 0.493 e. The average Bonchev–Trinajstić information content (AvgIpc) is 3.78. The summed E-state index contributed by atoms with van der Waals surface area (Å²) in [5.74, 6) is 3.04. The van der Waals surface area contributed by atoms with Crippen LogP contribution in [0.1, 0.15) is 66.7 Å². The standard InChI is InChI=1S/C37H42N2O3/c1-40-30-15-14-26-20-31-35-16-17-37(41-2,34-36(35,32(26)33(30)42-34)18-19-39(31)23-25-12-13-25)28(21-35)27-10-6-7-11-29(27)38-22-24-8-4-3-5-9-24/h3-11,14-15,25,28,31,34,38H,12-13,16-23H2,1-2H3/t28-,31-,34-,35-,36+,37-/m1/s1. The van der Waals surface area contributed by atoms with Gasteiger partial charge in [-0.05, 0) is 86.2 Å². The molecule has 0 radical (unpaired) electrons. The van der Waals surface area contributed by atoms with Crippen LogP contribution in [0.4, 0.5) is 5.69 Å².